The molecule has 0 saturated heterocycles. The summed E-state index contributed by atoms with van der Waals surface area (Å²) in [6.45, 7) is 21.2. The van der Waals surface area contributed by atoms with Gasteiger partial charge in [-0.25, -0.2) is 0 Å². The highest BCUT2D eigenvalue weighted by Gasteiger charge is 2.53. The van der Waals surface area contributed by atoms with Gasteiger partial charge >= 0.3 is 0 Å². The van der Waals surface area contributed by atoms with Gasteiger partial charge in [-0.1, -0.05) is 96.6 Å². The number of allylic oxidation sites excluding steroid dienone is 4. The average molecular weight is 357 g/mol. The summed E-state index contributed by atoms with van der Waals surface area (Å²) in [6.07, 6.45) is 9.34. The lowest BCUT2D eigenvalue weighted by Gasteiger charge is -2.50. The van der Waals surface area contributed by atoms with Gasteiger partial charge in [0.2, 0.25) is 0 Å². The van der Waals surface area contributed by atoms with Crippen LogP contribution in [0, 0.1) is 12.3 Å². The molecule has 0 spiro atoms. The molecular weight excluding hydrogens is 320 g/mol. The predicted octanol–water partition coefficient (Wildman–Crippen LogP) is 6.13. The second-order valence-corrected chi connectivity index (χ2v) is 14.7. The van der Waals surface area contributed by atoms with Gasteiger partial charge in [-0.15, -0.1) is 0 Å². The van der Waals surface area contributed by atoms with Crippen LogP contribution < -0.4 is 9.92 Å². The second-order valence-electron chi connectivity index (χ2n) is 10.1. The number of ether oxygens (including phenoxy) is 1. The third-order valence-corrected chi connectivity index (χ3v) is 10.9. The Kier molecular flexibility index (Phi) is 4.93. The Hall–Kier alpha value is -1.28. The molecule has 1 nitrogen and oxygen atoms in total. The number of aryl methyl sites for hydroxylation is 1. The van der Waals surface area contributed by atoms with E-state index in [1.807, 2.05) is 7.11 Å². The van der Waals surface area contributed by atoms with Crippen LogP contribution >= 0.6 is 0 Å². The van der Waals surface area contributed by atoms with Crippen molar-refractivity contribution in [3.05, 3.63) is 47.6 Å². The summed E-state index contributed by atoms with van der Waals surface area (Å²) in [6, 6.07) is 4.69. The Bertz CT molecular complexity index is 697. The summed E-state index contributed by atoms with van der Waals surface area (Å²) in [5.41, 5.74) is 2.87. The minimum absolute atomic E-state index is 0.0623. The van der Waals surface area contributed by atoms with Crippen LogP contribution in [0.1, 0.15) is 52.7 Å². The second kappa shape index (κ2) is 6.16. The van der Waals surface area contributed by atoms with Crippen molar-refractivity contribution in [2.24, 2.45) is 5.41 Å². The summed E-state index contributed by atoms with van der Waals surface area (Å²) in [5.74, 6) is 1.10. The van der Waals surface area contributed by atoms with Gasteiger partial charge in [0.25, 0.3) is 0 Å². The largest absolute Gasteiger partial charge is 0.497 e. The maximum Gasteiger partial charge on any atom is 0.121 e. The first-order chi connectivity index (χ1) is 11.3. The van der Waals surface area contributed by atoms with E-state index in [9.17, 15) is 0 Å². The molecule has 0 amide bonds. The first-order valence-corrected chi connectivity index (χ1v) is 12.3. The van der Waals surface area contributed by atoms with Crippen molar-refractivity contribution in [1.82, 2.24) is 0 Å². The molecule has 2 heteroatoms. The van der Waals surface area contributed by atoms with Crippen molar-refractivity contribution in [1.29, 1.82) is 0 Å². The van der Waals surface area contributed by atoms with E-state index in [0.29, 0.717) is 0 Å². The number of methoxy groups -OCH3 is 1. The van der Waals surface area contributed by atoms with Gasteiger partial charge in [0.15, 0.2) is 0 Å². The molecule has 0 N–H and O–H groups in total. The zero-order chi connectivity index (χ0) is 19.3. The molecule has 0 aromatic heterocycles. The highest BCUT2D eigenvalue weighted by molar-refractivity contribution is 6.94. The molecule has 1 aliphatic carbocycles. The fourth-order valence-corrected chi connectivity index (χ4v) is 9.30. The van der Waals surface area contributed by atoms with Gasteiger partial charge in [0.05, 0.1) is 7.11 Å². The Morgan fingerprint density at radius 3 is 1.84 bits per heavy atom. The predicted molar refractivity (Wildman–Crippen MR) is 114 cm³/mol. The smallest absolute Gasteiger partial charge is 0.121 e. The molecule has 0 bridgehead atoms. The van der Waals surface area contributed by atoms with E-state index in [1.54, 1.807) is 0 Å². The highest BCUT2D eigenvalue weighted by atomic mass is 28.3. The maximum absolute atomic E-state index is 6.05. The first kappa shape index (κ1) is 20.0. The third-order valence-electron chi connectivity index (χ3n) is 6.02. The van der Waals surface area contributed by atoms with E-state index in [4.69, 9.17) is 4.74 Å². The average Bonchev–Trinajstić information content (AvgIpc) is 2.96. The lowest BCUT2D eigenvalue weighted by Crippen LogP contribution is -2.56. The fraction of sp³-hybridized carbons (Fsp3) is 0.565. The normalized spacial score (nSPS) is 17.2. The molecule has 2 rings (SSSR count). The monoisotopic (exact) mass is 356 g/mol. The lowest BCUT2D eigenvalue weighted by atomic mass is 9.80. The van der Waals surface area contributed by atoms with Crippen molar-refractivity contribution in [3.8, 4) is 5.75 Å². The summed E-state index contributed by atoms with van der Waals surface area (Å²) < 4.78 is 6.05. The van der Waals surface area contributed by atoms with Gasteiger partial charge in [0.1, 0.15) is 13.8 Å². The Balaban J connectivity index is 2.82. The van der Waals surface area contributed by atoms with E-state index >= 15 is 0 Å². The number of benzene rings is 1. The topological polar surface area (TPSA) is 9.23 Å². The molecule has 0 atom stereocenters. The van der Waals surface area contributed by atoms with Gasteiger partial charge in [0, 0.05) is 5.04 Å². The van der Waals surface area contributed by atoms with Gasteiger partial charge in [-0.2, -0.15) is 0 Å². The molecule has 0 fully saturated rings. The van der Waals surface area contributed by atoms with Crippen LogP contribution in [0.3, 0.4) is 0 Å². The third kappa shape index (κ3) is 3.14. The van der Waals surface area contributed by atoms with Crippen molar-refractivity contribution in [3.63, 3.8) is 0 Å². The van der Waals surface area contributed by atoms with E-state index in [1.165, 1.54) is 16.3 Å². The molecule has 0 aliphatic heterocycles. The lowest BCUT2D eigenvalue weighted by molar-refractivity contribution is 0.350. The van der Waals surface area contributed by atoms with Gasteiger partial charge in [-0.3, -0.25) is 0 Å². The minimum Gasteiger partial charge on any atom is -0.497 e. The summed E-state index contributed by atoms with van der Waals surface area (Å²) in [4.78, 5) is 0. The SMILES string of the molecule is COc1c(C(C)(C)C)cc(C)cc1[Si](C)(C)C1(C(C)(C)C)C=CC=C1. The number of hydrogen-bond donors (Lipinski definition) is 0. The Morgan fingerprint density at radius 2 is 1.44 bits per heavy atom. The highest BCUT2D eigenvalue weighted by Crippen LogP contribution is 2.57. The van der Waals surface area contributed by atoms with Crippen LogP contribution in [-0.2, 0) is 5.41 Å². The quantitative estimate of drug-likeness (QED) is 0.592. The molecule has 1 aromatic carbocycles. The molecular formula is C23H36OSi. The molecule has 0 radical (unpaired) electrons. The van der Waals surface area contributed by atoms with Gasteiger partial charge in [-0.05, 0) is 28.5 Å². The fourth-order valence-electron chi connectivity index (χ4n) is 4.56. The Labute approximate surface area is 156 Å². The zero-order valence-corrected chi connectivity index (χ0v) is 18.9. The van der Waals surface area contributed by atoms with Crippen molar-refractivity contribution in [2.75, 3.05) is 7.11 Å². The maximum atomic E-state index is 6.05. The van der Waals surface area contributed by atoms with Crippen LogP contribution in [0.2, 0.25) is 18.1 Å². The summed E-state index contributed by atoms with van der Waals surface area (Å²) >= 11 is 0. The molecule has 0 saturated carbocycles. The first-order valence-electron chi connectivity index (χ1n) is 9.34. The minimum atomic E-state index is -1.94. The van der Waals surface area contributed by atoms with Crippen molar-refractivity contribution < 1.29 is 4.74 Å². The molecule has 0 unspecified atom stereocenters. The van der Waals surface area contributed by atoms with Crippen molar-refractivity contribution in [2.45, 2.75) is 72.0 Å². The van der Waals surface area contributed by atoms with Gasteiger partial charge < -0.3 is 4.74 Å². The molecule has 1 aliphatic rings. The van der Waals surface area contributed by atoms with E-state index in [0.717, 1.165) is 5.75 Å². The molecule has 25 heavy (non-hydrogen) atoms. The molecule has 138 valence electrons. The number of hydrogen-bond acceptors (Lipinski definition) is 1. The molecule has 1 aromatic rings. The zero-order valence-electron chi connectivity index (χ0n) is 17.9. The van der Waals surface area contributed by atoms with Crippen LogP contribution in [0.25, 0.3) is 0 Å². The van der Waals surface area contributed by atoms with E-state index < -0.39 is 8.07 Å². The van der Waals surface area contributed by atoms with Crippen LogP contribution in [-0.4, -0.2) is 15.2 Å². The Morgan fingerprint density at radius 1 is 0.920 bits per heavy atom. The molecule has 0 heterocycles. The van der Waals surface area contributed by atoms with E-state index in [-0.39, 0.29) is 15.9 Å². The standard InChI is InChI=1S/C23H36OSi/c1-17-15-18(21(2,3)4)20(24-8)19(16-17)25(9,10)23(22(5,6)7)13-11-12-14-23/h11-16H,1-10H3. The van der Waals surface area contributed by atoms with E-state index in [2.05, 4.69) is 98.0 Å². The summed E-state index contributed by atoms with van der Waals surface area (Å²) in [5, 5.41) is 1.52. The van der Waals surface area contributed by atoms with Crippen LogP contribution in [0.15, 0.2) is 36.4 Å². The number of rotatable bonds is 3. The van der Waals surface area contributed by atoms with Crippen LogP contribution in [0.4, 0.5) is 0 Å². The van der Waals surface area contributed by atoms with Crippen LogP contribution in [0.5, 0.6) is 5.75 Å². The van der Waals surface area contributed by atoms with Crippen molar-refractivity contribution >= 4 is 13.3 Å². The summed E-state index contributed by atoms with van der Waals surface area (Å²) in [7, 11) is -0.106.